The maximum absolute atomic E-state index is 15.1. The Labute approximate surface area is 246 Å². The van der Waals surface area contributed by atoms with Crippen LogP contribution in [0.5, 0.6) is 0 Å². The summed E-state index contributed by atoms with van der Waals surface area (Å²) in [6.07, 6.45) is 0.262. The van der Waals surface area contributed by atoms with Gasteiger partial charge in [-0.3, -0.25) is 23.5 Å². The SMILES string of the molecule is Cc1cc(Nc2nccn3c(-c4cn(CC#N)nc4C(F)(F)F)cnc23)cc(F)c1C(=O)N[C@H](C)CNC(=O)CN.O=CO. The Morgan fingerprint density at radius 2 is 1.98 bits per heavy atom. The molecule has 0 aliphatic carbocycles. The second-order valence-corrected chi connectivity index (χ2v) is 9.12. The van der Waals surface area contributed by atoms with Crippen molar-refractivity contribution in [2.45, 2.75) is 32.6 Å². The van der Waals surface area contributed by atoms with Crippen LogP contribution >= 0.6 is 0 Å². The first-order chi connectivity index (χ1) is 20.8. The number of imidazole rings is 1. The van der Waals surface area contributed by atoms with Crippen LogP contribution in [0.15, 0.2) is 36.9 Å². The number of carbonyl (C=O) groups excluding carboxylic acids is 2. The van der Waals surface area contributed by atoms with Crippen LogP contribution in [-0.4, -0.2) is 66.7 Å². The molecule has 18 heteroatoms. The maximum atomic E-state index is 15.1. The van der Waals surface area contributed by atoms with Crippen molar-refractivity contribution in [2.24, 2.45) is 5.73 Å². The van der Waals surface area contributed by atoms with Crippen LogP contribution in [0.2, 0.25) is 0 Å². The van der Waals surface area contributed by atoms with E-state index in [-0.39, 0.29) is 60.1 Å². The number of fused-ring (bicyclic) bond motifs is 1. The number of nitrogens with one attached hydrogen (secondary N) is 3. The van der Waals surface area contributed by atoms with E-state index >= 15 is 4.39 Å². The van der Waals surface area contributed by atoms with Gasteiger partial charge in [-0.25, -0.2) is 14.4 Å². The fourth-order valence-corrected chi connectivity index (χ4v) is 4.10. The number of aryl methyl sites for hydroxylation is 1. The van der Waals surface area contributed by atoms with E-state index < -0.39 is 35.5 Å². The molecule has 0 saturated carbocycles. The number of benzene rings is 1. The number of nitriles is 1. The number of nitrogens with zero attached hydrogens (tertiary/aromatic N) is 6. The Morgan fingerprint density at radius 3 is 2.59 bits per heavy atom. The van der Waals surface area contributed by atoms with E-state index in [1.54, 1.807) is 13.0 Å². The normalized spacial score (nSPS) is 11.6. The summed E-state index contributed by atoms with van der Waals surface area (Å²) in [5, 5.41) is 27.3. The predicted molar refractivity (Wildman–Crippen MR) is 147 cm³/mol. The van der Waals surface area contributed by atoms with Gasteiger partial charge in [0.1, 0.15) is 12.4 Å². The highest BCUT2D eigenvalue weighted by atomic mass is 19.4. The standard InChI is InChI=1S/C25H24F4N10O2.CH2O2/c1-13-7-15(8-17(26)20(13)24(41)35-14(2)10-33-19(40)9-31)36-22-23-34-11-18(39(23)6-4-32-22)16-12-38(5-3-30)37-21(16)25(27,28)29;2-1-3/h4,6-8,11-12,14H,5,9-10,31H2,1-2H3,(H,32,36)(H,33,40)(H,35,41);1H,(H,2,3)/t14-;/m1./s1. The maximum Gasteiger partial charge on any atom is 0.435 e. The molecule has 0 aliphatic rings. The molecular formula is C26H26F4N10O4. The largest absolute Gasteiger partial charge is 0.483 e. The number of nitrogens with two attached hydrogens (primary N) is 1. The minimum atomic E-state index is -4.78. The second kappa shape index (κ2) is 14.1. The highest BCUT2D eigenvalue weighted by molar-refractivity contribution is 5.96. The van der Waals surface area contributed by atoms with E-state index in [9.17, 15) is 22.8 Å². The van der Waals surface area contributed by atoms with Gasteiger partial charge in [0.15, 0.2) is 17.2 Å². The number of anilines is 2. The average Bonchev–Trinajstić information content (AvgIpc) is 3.57. The Bertz CT molecular complexity index is 1690. The minimum absolute atomic E-state index is 0.0492. The third kappa shape index (κ3) is 7.63. The zero-order valence-electron chi connectivity index (χ0n) is 23.2. The van der Waals surface area contributed by atoms with Gasteiger partial charge >= 0.3 is 6.18 Å². The van der Waals surface area contributed by atoms with E-state index in [0.717, 1.165) is 16.9 Å². The molecule has 0 saturated heterocycles. The van der Waals surface area contributed by atoms with Crippen molar-refractivity contribution in [3.8, 4) is 17.3 Å². The number of halogens is 4. The second-order valence-electron chi connectivity index (χ2n) is 9.12. The summed E-state index contributed by atoms with van der Waals surface area (Å²) in [6, 6.07) is 3.82. The Balaban J connectivity index is 0.00000169. The third-order valence-corrected chi connectivity index (χ3v) is 5.91. The molecule has 1 atom stereocenters. The van der Waals surface area contributed by atoms with Gasteiger partial charge in [0, 0.05) is 36.9 Å². The summed E-state index contributed by atoms with van der Waals surface area (Å²) >= 11 is 0. The van der Waals surface area contributed by atoms with Crippen LogP contribution in [0, 0.1) is 24.1 Å². The summed E-state index contributed by atoms with van der Waals surface area (Å²) in [5.74, 6) is -1.81. The molecule has 4 rings (SSSR count). The molecule has 0 unspecified atom stereocenters. The molecule has 3 heterocycles. The van der Waals surface area contributed by atoms with E-state index in [4.69, 9.17) is 20.9 Å². The van der Waals surface area contributed by atoms with Gasteiger partial charge in [0.05, 0.1) is 35.6 Å². The first-order valence-corrected chi connectivity index (χ1v) is 12.6. The molecule has 232 valence electrons. The van der Waals surface area contributed by atoms with Crippen molar-refractivity contribution in [1.82, 2.24) is 34.8 Å². The number of aromatic nitrogens is 5. The summed E-state index contributed by atoms with van der Waals surface area (Å²) < 4.78 is 58.4. The zero-order chi connectivity index (χ0) is 32.6. The summed E-state index contributed by atoms with van der Waals surface area (Å²) in [6.45, 7) is 2.44. The van der Waals surface area contributed by atoms with Gasteiger partial charge in [0.2, 0.25) is 5.91 Å². The van der Waals surface area contributed by atoms with Gasteiger partial charge in [-0.15, -0.1) is 0 Å². The molecule has 0 bridgehead atoms. The molecule has 0 aliphatic heterocycles. The van der Waals surface area contributed by atoms with E-state index in [0.29, 0.717) is 5.56 Å². The van der Waals surface area contributed by atoms with Crippen molar-refractivity contribution in [3.63, 3.8) is 0 Å². The molecule has 0 radical (unpaired) electrons. The van der Waals surface area contributed by atoms with Crippen molar-refractivity contribution in [1.29, 1.82) is 5.26 Å². The Kier molecular flexibility index (Phi) is 10.5. The molecule has 6 N–H and O–H groups in total. The quantitative estimate of drug-likeness (QED) is 0.137. The molecular weight excluding hydrogens is 592 g/mol. The number of carboxylic acid groups (broad SMARTS) is 1. The van der Waals surface area contributed by atoms with Crippen LogP contribution in [0.4, 0.5) is 29.1 Å². The summed E-state index contributed by atoms with van der Waals surface area (Å²) in [4.78, 5) is 40.8. The molecule has 4 aromatic rings. The number of carbonyl (C=O) groups is 3. The fraction of sp³-hybridized carbons (Fsp3) is 0.269. The number of hydrogen-bond donors (Lipinski definition) is 5. The molecule has 44 heavy (non-hydrogen) atoms. The monoisotopic (exact) mass is 618 g/mol. The van der Waals surface area contributed by atoms with E-state index in [1.807, 2.05) is 0 Å². The third-order valence-electron chi connectivity index (χ3n) is 5.91. The Morgan fingerprint density at radius 1 is 1.27 bits per heavy atom. The van der Waals surface area contributed by atoms with Crippen LogP contribution in [0.25, 0.3) is 16.9 Å². The molecule has 0 fully saturated rings. The molecule has 14 nitrogen and oxygen atoms in total. The first kappa shape index (κ1) is 32.9. The predicted octanol–water partition coefficient (Wildman–Crippen LogP) is 2.22. The smallest absolute Gasteiger partial charge is 0.435 e. The average molecular weight is 619 g/mol. The first-order valence-electron chi connectivity index (χ1n) is 12.6. The van der Waals surface area contributed by atoms with Gasteiger partial charge in [0.25, 0.3) is 12.4 Å². The van der Waals surface area contributed by atoms with Gasteiger partial charge in [-0.2, -0.15) is 23.5 Å². The van der Waals surface area contributed by atoms with Crippen LogP contribution in [-0.2, 0) is 22.3 Å². The lowest BCUT2D eigenvalue weighted by atomic mass is 10.1. The fourth-order valence-electron chi connectivity index (χ4n) is 4.10. The minimum Gasteiger partial charge on any atom is -0.483 e. The van der Waals surface area contributed by atoms with Crippen LogP contribution in [0.3, 0.4) is 0 Å². The number of amides is 2. The lowest BCUT2D eigenvalue weighted by Gasteiger charge is -2.17. The van der Waals surface area contributed by atoms with E-state index in [1.165, 1.54) is 36.0 Å². The zero-order valence-corrected chi connectivity index (χ0v) is 23.2. The highest BCUT2D eigenvalue weighted by Gasteiger charge is 2.38. The number of rotatable bonds is 9. The van der Waals surface area contributed by atoms with Crippen LogP contribution < -0.4 is 21.7 Å². The molecule has 0 spiro atoms. The van der Waals surface area contributed by atoms with Gasteiger partial charge in [-0.05, 0) is 31.5 Å². The summed E-state index contributed by atoms with van der Waals surface area (Å²) in [7, 11) is 0. The van der Waals surface area contributed by atoms with Crippen molar-refractivity contribution < 1.29 is 37.1 Å². The Hall–Kier alpha value is -5.57. The number of alkyl halides is 3. The molecule has 1 aromatic carbocycles. The lowest BCUT2D eigenvalue weighted by molar-refractivity contribution is -0.141. The molecule has 3 aromatic heterocycles. The van der Waals surface area contributed by atoms with Crippen molar-refractivity contribution >= 4 is 35.4 Å². The van der Waals surface area contributed by atoms with E-state index in [2.05, 4.69) is 31.0 Å². The highest BCUT2D eigenvalue weighted by Crippen LogP contribution is 2.37. The van der Waals surface area contributed by atoms with Gasteiger partial charge < -0.3 is 26.8 Å². The number of hydrogen-bond acceptors (Lipinski definition) is 9. The van der Waals surface area contributed by atoms with Crippen molar-refractivity contribution in [3.05, 3.63) is 59.6 Å². The topological polar surface area (TPSA) is 205 Å². The molecule has 2 amide bonds. The van der Waals surface area contributed by atoms with Crippen LogP contribution in [0.1, 0.15) is 28.5 Å². The van der Waals surface area contributed by atoms with Crippen molar-refractivity contribution in [2.75, 3.05) is 18.4 Å². The van der Waals surface area contributed by atoms with Gasteiger partial charge in [-0.1, -0.05) is 0 Å². The summed E-state index contributed by atoms with van der Waals surface area (Å²) in [5.41, 5.74) is 4.26. The lowest BCUT2D eigenvalue weighted by Crippen LogP contribution is -2.43.